The standard InChI is InChI=1S/C14H18N4O2/c1-3-7-15-13-5-4-12(9-14(13)18(19)20)10-17-11(2)6-8-16-17/h4-6,8-9,15H,3,7,10H2,1-2H3. The number of rotatable bonds is 6. The number of nitrogens with one attached hydrogen (secondary N) is 1. The van der Waals surface area contributed by atoms with E-state index in [1.165, 1.54) is 0 Å². The van der Waals surface area contributed by atoms with Crippen LogP contribution in [0.3, 0.4) is 0 Å². The number of nitrogens with zero attached hydrogens (tertiary/aromatic N) is 3. The van der Waals surface area contributed by atoms with Gasteiger partial charge >= 0.3 is 0 Å². The molecule has 2 rings (SSSR count). The quantitative estimate of drug-likeness (QED) is 0.649. The molecule has 0 radical (unpaired) electrons. The van der Waals surface area contributed by atoms with Gasteiger partial charge in [0.05, 0.1) is 11.5 Å². The number of hydrogen-bond acceptors (Lipinski definition) is 4. The van der Waals surface area contributed by atoms with E-state index < -0.39 is 0 Å². The highest BCUT2D eigenvalue weighted by Gasteiger charge is 2.14. The molecule has 106 valence electrons. The van der Waals surface area contributed by atoms with Gasteiger partial charge in [0, 0.05) is 24.5 Å². The molecule has 0 fully saturated rings. The highest BCUT2D eigenvalue weighted by Crippen LogP contribution is 2.26. The Labute approximate surface area is 117 Å². The van der Waals surface area contributed by atoms with Crippen molar-refractivity contribution >= 4 is 11.4 Å². The maximum atomic E-state index is 11.1. The van der Waals surface area contributed by atoms with Gasteiger partial charge in [-0.25, -0.2) is 0 Å². The summed E-state index contributed by atoms with van der Waals surface area (Å²) in [5, 5.41) is 18.4. The summed E-state index contributed by atoms with van der Waals surface area (Å²) in [7, 11) is 0. The second-order valence-corrected chi connectivity index (χ2v) is 4.67. The van der Waals surface area contributed by atoms with Gasteiger partial charge in [-0.3, -0.25) is 14.8 Å². The second-order valence-electron chi connectivity index (χ2n) is 4.67. The highest BCUT2D eigenvalue weighted by molar-refractivity contribution is 5.62. The van der Waals surface area contributed by atoms with Gasteiger partial charge in [-0.05, 0) is 31.0 Å². The Bertz CT molecular complexity index is 607. The van der Waals surface area contributed by atoms with Crippen LogP contribution in [0, 0.1) is 17.0 Å². The number of anilines is 1. The van der Waals surface area contributed by atoms with Crippen molar-refractivity contribution in [3.8, 4) is 0 Å². The molecule has 0 saturated heterocycles. The first kappa shape index (κ1) is 14.0. The smallest absolute Gasteiger partial charge is 0.292 e. The van der Waals surface area contributed by atoms with Crippen LogP contribution in [0.1, 0.15) is 24.6 Å². The monoisotopic (exact) mass is 274 g/mol. The SMILES string of the molecule is CCCNc1ccc(Cn2nccc2C)cc1[N+](=O)[O-]. The van der Waals surface area contributed by atoms with Crippen molar-refractivity contribution in [2.45, 2.75) is 26.8 Å². The van der Waals surface area contributed by atoms with Crippen LogP contribution in [0.25, 0.3) is 0 Å². The van der Waals surface area contributed by atoms with E-state index in [0.717, 1.165) is 24.2 Å². The zero-order valence-corrected chi connectivity index (χ0v) is 11.7. The zero-order chi connectivity index (χ0) is 14.5. The van der Waals surface area contributed by atoms with E-state index >= 15 is 0 Å². The molecule has 1 aromatic carbocycles. The Kier molecular flexibility index (Phi) is 4.34. The van der Waals surface area contributed by atoms with Gasteiger partial charge in [0.15, 0.2) is 0 Å². The Hall–Kier alpha value is -2.37. The van der Waals surface area contributed by atoms with Gasteiger partial charge in [-0.2, -0.15) is 5.10 Å². The molecule has 0 amide bonds. The fraction of sp³-hybridized carbons (Fsp3) is 0.357. The topological polar surface area (TPSA) is 73.0 Å². The van der Waals surface area contributed by atoms with Crippen LogP contribution < -0.4 is 5.32 Å². The van der Waals surface area contributed by atoms with Crippen LogP contribution in [0.2, 0.25) is 0 Å². The lowest BCUT2D eigenvalue weighted by Gasteiger charge is -2.09. The van der Waals surface area contributed by atoms with Gasteiger partial charge in [0.2, 0.25) is 0 Å². The average molecular weight is 274 g/mol. The molecule has 0 aliphatic carbocycles. The van der Waals surface area contributed by atoms with Gasteiger partial charge < -0.3 is 5.32 Å². The minimum absolute atomic E-state index is 0.112. The minimum Gasteiger partial charge on any atom is -0.380 e. The summed E-state index contributed by atoms with van der Waals surface area (Å²) in [6, 6.07) is 7.18. The van der Waals surface area contributed by atoms with Crippen molar-refractivity contribution in [3.05, 3.63) is 51.8 Å². The first-order valence-corrected chi connectivity index (χ1v) is 6.61. The van der Waals surface area contributed by atoms with E-state index in [-0.39, 0.29) is 10.6 Å². The molecule has 0 aliphatic rings. The summed E-state index contributed by atoms with van der Waals surface area (Å²) in [6.07, 6.45) is 2.65. The molecule has 6 heteroatoms. The number of nitro benzene ring substituents is 1. The Morgan fingerprint density at radius 3 is 2.80 bits per heavy atom. The third kappa shape index (κ3) is 3.14. The van der Waals surface area contributed by atoms with Crippen LogP contribution in [0.4, 0.5) is 11.4 Å². The highest BCUT2D eigenvalue weighted by atomic mass is 16.6. The Balaban J connectivity index is 2.25. The molecule has 1 heterocycles. The van der Waals surface area contributed by atoms with Crippen LogP contribution >= 0.6 is 0 Å². The predicted octanol–water partition coefficient (Wildman–Crippen LogP) is 2.97. The summed E-state index contributed by atoms with van der Waals surface area (Å²) in [6.45, 7) is 5.23. The number of aromatic nitrogens is 2. The van der Waals surface area contributed by atoms with Crippen molar-refractivity contribution in [2.75, 3.05) is 11.9 Å². The van der Waals surface area contributed by atoms with Crippen LogP contribution in [0.15, 0.2) is 30.5 Å². The molecule has 6 nitrogen and oxygen atoms in total. The van der Waals surface area contributed by atoms with Crippen LogP contribution in [-0.4, -0.2) is 21.2 Å². The molecule has 0 unspecified atom stereocenters. The zero-order valence-electron chi connectivity index (χ0n) is 11.7. The van der Waals surface area contributed by atoms with Gasteiger partial charge in [0.25, 0.3) is 5.69 Å². The van der Waals surface area contributed by atoms with Crippen molar-refractivity contribution in [1.82, 2.24) is 9.78 Å². The molecule has 0 spiro atoms. The van der Waals surface area contributed by atoms with Crippen molar-refractivity contribution in [3.63, 3.8) is 0 Å². The van der Waals surface area contributed by atoms with E-state index in [4.69, 9.17) is 0 Å². The second kappa shape index (κ2) is 6.18. The van der Waals surface area contributed by atoms with E-state index in [0.29, 0.717) is 12.2 Å². The lowest BCUT2D eigenvalue weighted by molar-refractivity contribution is -0.384. The number of hydrogen-bond donors (Lipinski definition) is 1. The van der Waals surface area contributed by atoms with E-state index in [1.807, 2.05) is 30.7 Å². The molecule has 0 atom stereocenters. The summed E-state index contributed by atoms with van der Waals surface area (Å²) in [5.41, 5.74) is 2.57. The molecule has 2 aromatic rings. The Morgan fingerprint density at radius 2 is 2.20 bits per heavy atom. The van der Waals surface area contributed by atoms with Crippen LogP contribution in [0.5, 0.6) is 0 Å². The minimum atomic E-state index is -0.350. The van der Waals surface area contributed by atoms with E-state index in [1.54, 1.807) is 18.3 Å². The molecular weight excluding hydrogens is 256 g/mol. The normalized spacial score (nSPS) is 10.5. The van der Waals surface area contributed by atoms with Crippen molar-refractivity contribution in [2.24, 2.45) is 0 Å². The largest absolute Gasteiger partial charge is 0.380 e. The number of aryl methyl sites for hydroxylation is 1. The first-order valence-electron chi connectivity index (χ1n) is 6.61. The van der Waals surface area contributed by atoms with Crippen molar-refractivity contribution < 1.29 is 4.92 Å². The maximum absolute atomic E-state index is 11.1. The van der Waals surface area contributed by atoms with Gasteiger partial charge in [-0.1, -0.05) is 13.0 Å². The summed E-state index contributed by atoms with van der Waals surface area (Å²) < 4.78 is 1.82. The molecular formula is C14H18N4O2. The molecule has 20 heavy (non-hydrogen) atoms. The number of nitro groups is 1. The summed E-state index contributed by atoms with van der Waals surface area (Å²) >= 11 is 0. The van der Waals surface area contributed by atoms with E-state index in [2.05, 4.69) is 10.4 Å². The molecule has 0 saturated carbocycles. The summed E-state index contributed by atoms with van der Waals surface area (Å²) in [5.74, 6) is 0. The molecule has 1 aromatic heterocycles. The predicted molar refractivity (Wildman–Crippen MR) is 77.9 cm³/mol. The lowest BCUT2D eigenvalue weighted by Crippen LogP contribution is -2.06. The third-order valence-corrected chi connectivity index (χ3v) is 3.09. The number of benzene rings is 1. The third-order valence-electron chi connectivity index (χ3n) is 3.09. The molecule has 1 N–H and O–H groups in total. The molecule has 0 bridgehead atoms. The average Bonchev–Trinajstić information content (AvgIpc) is 2.82. The summed E-state index contributed by atoms with van der Waals surface area (Å²) in [4.78, 5) is 10.8. The molecule has 0 aliphatic heterocycles. The first-order chi connectivity index (χ1) is 9.61. The maximum Gasteiger partial charge on any atom is 0.292 e. The van der Waals surface area contributed by atoms with Crippen molar-refractivity contribution in [1.29, 1.82) is 0 Å². The lowest BCUT2D eigenvalue weighted by atomic mass is 10.1. The van der Waals surface area contributed by atoms with Gasteiger partial charge in [0.1, 0.15) is 5.69 Å². The Morgan fingerprint density at radius 1 is 1.40 bits per heavy atom. The van der Waals surface area contributed by atoms with Crippen LogP contribution in [-0.2, 0) is 6.54 Å². The fourth-order valence-corrected chi connectivity index (χ4v) is 1.97. The van der Waals surface area contributed by atoms with Gasteiger partial charge in [-0.15, -0.1) is 0 Å². The van der Waals surface area contributed by atoms with E-state index in [9.17, 15) is 10.1 Å². The fourth-order valence-electron chi connectivity index (χ4n) is 1.97.